The molecule has 66 valence electrons. The molecule has 13 heavy (non-hydrogen) atoms. The van der Waals surface area contributed by atoms with E-state index in [1.807, 2.05) is 10.8 Å². The third-order valence-electron chi connectivity index (χ3n) is 1.39. The molecule has 0 bridgehead atoms. The molecule has 0 atom stereocenters. The van der Waals surface area contributed by atoms with Gasteiger partial charge in [0.1, 0.15) is 0 Å². The highest BCUT2D eigenvalue weighted by molar-refractivity contribution is 7.08. The van der Waals surface area contributed by atoms with Crippen molar-refractivity contribution in [2.75, 3.05) is 0 Å². The second kappa shape index (κ2) is 2.98. The van der Waals surface area contributed by atoms with Crippen molar-refractivity contribution in [2.45, 2.75) is 0 Å². The fraction of sp³-hybridized carbons (Fsp3) is 0. The number of aromatic carboxylic acids is 1. The first kappa shape index (κ1) is 7.93. The van der Waals surface area contributed by atoms with Crippen LogP contribution in [0.5, 0.6) is 0 Å². The SMILES string of the molecule is O=C(O)c1nc(-c2ccsc2)no1. The lowest BCUT2D eigenvalue weighted by atomic mass is 10.3. The summed E-state index contributed by atoms with van der Waals surface area (Å²) in [5, 5.41) is 15.7. The van der Waals surface area contributed by atoms with E-state index in [0.717, 1.165) is 5.56 Å². The molecule has 0 amide bonds. The Morgan fingerprint density at radius 3 is 3.00 bits per heavy atom. The molecule has 0 aliphatic heterocycles. The van der Waals surface area contributed by atoms with Crippen LogP contribution in [0.15, 0.2) is 21.3 Å². The van der Waals surface area contributed by atoms with Gasteiger partial charge in [-0.15, -0.1) is 0 Å². The summed E-state index contributed by atoms with van der Waals surface area (Å²) in [5.41, 5.74) is 0.765. The molecule has 0 saturated carbocycles. The largest absolute Gasteiger partial charge is 0.474 e. The average Bonchev–Trinajstić information content (AvgIpc) is 2.75. The predicted octanol–water partition coefficient (Wildman–Crippen LogP) is 1.50. The molecule has 2 rings (SSSR count). The van der Waals surface area contributed by atoms with Gasteiger partial charge in [0, 0.05) is 10.9 Å². The van der Waals surface area contributed by atoms with Crippen LogP contribution in [-0.4, -0.2) is 21.2 Å². The van der Waals surface area contributed by atoms with Crippen LogP contribution in [0, 0.1) is 0 Å². The van der Waals surface area contributed by atoms with Crippen LogP contribution in [0.1, 0.15) is 10.7 Å². The molecule has 2 aromatic heterocycles. The van der Waals surface area contributed by atoms with E-state index in [-0.39, 0.29) is 5.89 Å². The van der Waals surface area contributed by atoms with Gasteiger partial charge in [-0.05, 0) is 11.4 Å². The third-order valence-corrected chi connectivity index (χ3v) is 2.07. The van der Waals surface area contributed by atoms with Crippen molar-refractivity contribution < 1.29 is 14.4 Å². The van der Waals surface area contributed by atoms with Crippen LogP contribution < -0.4 is 0 Å². The summed E-state index contributed by atoms with van der Waals surface area (Å²) in [5.74, 6) is -1.30. The van der Waals surface area contributed by atoms with Crippen molar-refractivity contribution in [3.63, 3.8) is 0 Å². The van der Waals surface area contributed by atoms with Crippen LogP contribution in [0.25, 0.3) is 11.4 Å². The van der Waals surface area contributed by atoms with Crippen molar-refractivity contribution in [2.24, 2.45) is 0 Å². The van der Waals surface area contributed by atoms with E-state index in [9.17, 15) is 4.79 Å². The van der Waals surface area contributed by atoms with Gasteiger partial charge in [0.05, 0.1) is 0 Å². The highest BCUT2D eigenvalue weighted by atomic mass is 32.1. The minimum Gasteiger partial charge on any atom is -0.474 e. The third kappa shape index (κ3) is 1.43. The van der Waals surface area contributed by atoms with Gasteiger partial charge < -0.3 is 9.63 Å². The van der Waals surface area contributed by atoms with Crippen molar-refractivity contribution in [3.8, 4) is 11.4 Å². The van der Waals surface area contributed by atoms with Gasteiger partial charge in [-0.25, -0.2) is 4.79 Å². The molecule has 5 nitrogen and oxygen atoms in total. The number of aromatic nitrogens is 2. The normalized spacial score (nSPS) is 10.2. The van der Waals surface area contributed by atoms with E-state index in [1.165, 1.54) is 11.3 Å². The zero-order valence-corrected chi connectivity index (χ0v) is 7.11. The first-order valence-electron chi connectivity index (χ1n) is 3.37. The summed E-state index contributed by atoms with van der Waals surface area (Å²) in [6.45, 7) is 0. The summed E-state index contributed by atoms with van der Waals surface area (Å²) < 4.78 is 4.49. The Morgan fingerprint density at radius 2 is 2.46 bits per heavy atom. The Labute approximate surface area is 76.6 Å². The second-order valence-corrected chi connectivity index (χ2v) is 3.02. The Bertz CT molecular complexity index is 421. The molecular formula is C7H4N2O3S. The van der Waals surface area contributed by atoms with Crippen molar-refractivity contribution >= 4 is 17.3 Å². The molecular weight excluding hydrogens is 192 g/mol. The summed E-state index contributed by atoms with van der Waals surface area (Å²) >= 11 is 1.48. The van der Waals surface area contributed by atoms with Gasteiger partial charge in [-0.3, -0.25) is 0 Å². The van der Waals surface area contributed by atoms with Crippen LogP contribution in [0.2, 0.25) is 0 Å². The van der Waals surface area contributed by atoms with Gasteiger partial charge >= 0.3 is 11.9 Å². The smallest absolute Gasteiger partial charge is 0.394 e. The van der Waals surface area contributed by atoms with Gasteiger partial charge in [0.25, 0.3) is 0 Å². The van der Waals surface area contributed by atoms with Crippen molar-refractivity contribution in [1.29, 1.82) is 0 Å². The number of carboxylic acids is 1. The molecule has 1 N–H and O–H groups in total. The quantitative estimate of drug-likeness (QED) is 0.787. The Hall–Kier alpha value is -1.69. The fourth-order valence-corrected chi connectivity index (χ4v) is 1.45. The second-order valence-electron chi connectivity index (χ2n) is 2.24. The summed E-state index contributed by atoms with van der Waals surface area (Å²) in [6.07, 6.45) is 0. The number of hydrogen-bond acceptors (Lipinski definition) is 5. The first-order chi connectivity index (χ1) is 6.27. The zero-order valence-electron chi connectivity index (χ0n) is 6.30. The topological polar surface area (TPSA) is 76.2 Å². The number of thiophene rings is 1. The van der Waals surface area contributed by atoms with E-state index in [1.54, 1.807) is 6.07 Å². The Balaban J connectivity index is 2.39. The molecule has 2 heterocycles. The Morgan fingerprint density at radius 1 is 1.62 bits per heavy atom. The van der Waals surface area contributed by atoms with Crippen molar-refractivity contribution in [1.82, 2.24) is 10.1 Å². The van der Waals surface area contributed by atoms with Crippen molar-refractivity contribution in [3.05, 3.63) is 22.7 Å². The zero-order chi connectivity index (χ0) is 9.26. The van der Waals surface area contributed by atoms with Gasteiger partial charge in [0.15, 0.2) is 0 Å². The molecule has 0 aliphatic rings. The lowest BCUT2D eigenvalue weighted by molar-refractivity contribution is 0.0643. The average molecular weight is 196 g/mol. The van der Waals surface area contributed by atoms with Crippen LogP contribution in [0.4, 0.5) is 0 Å². The first-order valence-corrected chi connectivity index (χ1v) is 4.31. The van der Waals surface area contributed by atoms with E-state index >= 15 is 0 Å². The summed E-state index contributed by atoms with van der Waals surface area (Å²) in [4.78, 5) is 14.1. The number of carboxylic acid groups (broad SMARTS) is 1. The molecule has 0 aromatic carbocycles. The number of rotatable bonds is 2. The number of carbonyl (C=O) groups is 1. The summed E-state index contributed by atoms with van der Waals surface area (Å²) in [6, 6.07) is 1.79. The summed E-state index contributed by atoms with van der Waals surface area (Å²) in [7, 11) is 0. The highest BCUT2D eigenvalue weighted by Crippen LogP contribution is 2.18. The minimum atomic E-state index is -1.21. The molecule has 0 fully saturated rings. The van der Waals surface area contributed by atoms with E-state index in [2.05, 4.69) is 14.7 Å². The standard InChI is InChI=1S/C7H4N2O3S/c10-7(11)6-8-5(9-12-6)4-1-2-13-3-4/h1-3H,(H,10,11). The molecule has 2 aromatic rings. The van der Waals surface area contributed by atoms with E-state index in [0.29, 0.717) is 5.82 Å². The molecule has 6 heteroatoms. The van der Waals surface area contributed by atoms with Crippen LogP contribution in [0.3, 0.4) is 0 Å². The molecule has 0 unspecified atom stereocenters. The molecule has 0 saturated heterocycles. The highest BCUT2D eigenvalue weighted by Gasteiger charge is 2.14. The minimum absolute atomic E-state index is 0.304. The molecule has 0 spiro atoms. The van der Waals surface area contributed by atoms with Gasteiger partial charge in [-0.1, -0.05) is 5.16 Å². The number of nitrogens with zero attached hydrogens (tertiary/aromatic N) is 2. The molecule has 0 radical (unpaired) electrons. The van der Waals surface area contributed by atoms with Crippen LogP contribution in [-0.2, 0) is 0 Å². The lowest BCUT2D eigenvalue weighted by Crippen LogP contribution is -1.95. The fourth-order valence-electron chi connectivity index (χ4n) is 0.819. The van der Waals surface area contributed by atoms with Gasteiger partial charge in [0.2, 0.25) is 5.82 Å². The predicted molar refractivity (Wildman–Crippen MR) is 44.6 cm³/mol. The molecule has 0 aliphatic carbocycles. The maximum atomic E-state index is 10.4. The Kier molecular flexibility index (Phi) is 1.82. The van der Waals surface area contributed by atoms with Gasteiger partial charge in [-0.2, -0.15) is 16.3 Å². The maximum absolute atomic E-state index is 10.4. The maximum Gasteiger partial charge on any atom is 0.394 e. The van der Waals surface area contributed by atoms with Crippen LogP contribution >= 0.6 is 11.3 Å². The monoisotopic (exact) mass is 196 g/mol. The lowest BCUT2D eigenvalue weighted by Gasteiger charge is -1.81. The van der Waals surface area contributed by atoms with E-state index < -0.39 is 5.97 Å². The van der Waals surface area contributed by atoms with E-state index in [4.69, 9.17) is 5.11 Å². The number of hydrogen-bond donors (Lipinski definition) is 1.